The van der Waals surface area contributed by atoms with E-state index in [2.05, 4.69) is 10.3 Å². The Kier molecular flexibility index (Phi) is 6.79. The second-order valence-corrected chi connectivity index (χ2v) is 12.3. The van der Waals surface area contributed by atoms with Crippen LogP contribution in [0.5, 0.6) is 5.75 Å². The topological polar surface area (TPSA) is 180 Å². The van der Waals surface area contributed by atoms with Gasteiger partial charge in [-0.1, -0.05) is 6.07 Å². The minimum absolute atomic E-state index is 0.0179. The number of primary amides is 1. The summed E-state index contributed by atoms with van der Waals surface area (Å²) in [6.45, 7) is 0. The van der Waals surface area contributed by atoms with Gasteiger partial charge in [-0.3, -0.25) is 28.9 Å². The molecule has 6 atom stereocenters. The maximum atomic E-state index is 13.9. The maximum absolute atomic E-state index is 13.9. The number of phenolic OH excluding ortho intramolecular Hbond substituents is 1. The fraction of sp³-hybridized carbons (Fsp3) is 0.333. The molecule has 6 unspecified atom stereocenters. The molecule has 13 heteroatoms. The van der Waals surface area contributed by atoms with Gasteiger partial charge in [-0.2, -0.15) is 0 Å². The molecule has 43 heavy (non-hydrogen) atoms. The summed E-state index contributed by atoms with van der Waals surface area (Å²) in [6, 6.07) is 7.87. The van der Waals surface area contributed by atoms with Crippen molar-refractivity contribution in [3.8, 4) is 17.0 Å². The standard InChI is InChI=1S/C30H27FN4O7S/c1-35(2)22-16-10-14-9-13-5-8-17(33-29-34-18(11-43-29)12-3-6-15(31)7-4-12)23(36)19(13)24(37)20(14)26(39)30(16,42)27(40)21(25(22)38)28(32)41/h3-8,11,14,16,20-22,36,42H,9-10H2,1-2H3,(H2,32,41)(H,33,34). The van der Waals surface area contributed by atoms with E-state index in [-0.39, 0.29) is 29.9 Å². The first-order valence-corrected chi connectivity index (χ1v) is 14.4. The number of ketones is 4. The van der Waals surface area contributed by atoms with E-state index in [1.165, 1.54) is 42.5 Å². The van der Waals surface area contributed by atoms with Crippen LogP contribution in [0, 0.1) is 29.5 Å². The Balaban J connectivity index is 1.34. The fourth-order valence-electron chi connectivity index (χ4n) is 6.88. The number of nitrogens with two attached hydrogens (primary N) is 1. The number of carbonyl (C=O) groups excluding carboxylic acids is 5. The molecule has 11 nitrogen and oxygen atoms in total. The minimum atomic E-state index is -2.78. The lowest BCUT2D eigenvalue weighted by Gasteiger charge is -2.52. The number of nitrogens with one attached hydrogen (secondary N) is 1. The number of likely N-dealkylation sites (N-methyl/N-ethyl adjacent to an activating group) is 1. The average molecular weight is 607 g/mol. The Morgan fingerprint density at radius 3 is 2.47 bits per heavy atom. The molecule has 3 aromatic rings. The number of halogens is 1. The number of fused-ring (bicyclic) bond motifs is 3. The smallest absolute Gasteiger partial charge is 0.235 e. The van der Waals surface area contributed by atoms with Gasteiger partial charge in [0.25, 0.3) is 0 Å². The van der Waals surface area contributed by atoms with Crippen LogP contribution in [-0.4, -0.2) is 74.9 Å². The van der Waals surface area contributed by atoms with E-state index < -0.39 is 70.1 Å². The molecule has 0 saturated heterocycles. The third-order valence-corrected chi connectivity index (χ3v) is 9.58. The van der Waals surface area contributed by atoms with Crippen molar-refractivity contribution >= 4 is 51.2 Å². The summed E-state index contributed by atoms with van der Waals surface area (Å²) in [5, 5.41) is 28.0. The molecule has 1 aromatic heterocycles. The Morgan fingerprint density at radius 2 is 1.81 bits per heavy atom. The van der Waals surface area contributed by atoms with Gasteiger partial charge in [0, 0.05) is 16.9 Å². The lowest BCUT2D eigenvalue weighted by atomic mass is 9.52. The van der Waals surface area contributed by atoms with Crippen LogP contribution in [0.25, 0.3) is 11.3 Å². The van der Waals surface area contributed by atoms with Gasteiger partial charge >= 0.3 is 0 Å². The Hall–Kier alpha value is -4.33. The zero-order valence-corrected chi connectivity index (χ0v) is 23.9. The molecular weight excluding hydrogens is 579 g/mol. The number of nitrogens with zero attached hydrogens (tertiary/aromatic N) is 2. The first-order chi connectivity index (χ1) is 20.3. The van der Waals surface area contributed by atoms with Gasteiger partial charge in [0.15, 0.2) is 39.8 Å². The predicted molar refractivity (Wildman–Crippen MR) is 152 cm³/mol. The van der Waals surface area contributed by atoms with Crippen molar-refractivity contribution in [2.75, 3.05) is 19.4 Å². The lowest BCUT2D eigenvalue weighted by Crippen LogP contribution is -2.74. The van der Waals surface area contributed by atoms with Crippen molar-refractivity contribution in [1.29, 1.82) is 0 Å². The van der Waals surface area contributed by atoms with Gasteiger partial charge in [0.1, 0.15) is 11.6 Å². The largest absolute Gasteiger partial charge is 0.505 e. The summed E-state index contributed by atoms with van der Waals surface area (Å²) in [5.41, 5.74) is 4.33. The Bertz CT molecular complexity index is 1720. The molecule has 0 spiro atoms. The first kappa shape index (κ1) is 28.8. The number of carbonyl (C=O) groups is 5. The second kappa shape index (κ2) is 10.1. The van der Waals surface area contributed by atoms with Gasteiger partial charge in [-0.05, 0) is 68.8 Å². The molecule has 1 heterocycles. The van der Waals surface area contributed by atoms with E-state index in [1.807, 2.05) is 0 Å². The normalized spacial score (nSPS) is 28.3. The molecule has 5 N–H and O–H groups in total. The molecule has 0 radical (unpaired) electrons. The first-order valence-electron chi connectivity index (χ1n) is 13.5. The molecule has 2 aromatic carbocycles. The summed E-state index contributed by atoms with van der Waals surface area (Å²) in [6.07, 6.45) is 0.154. The van der Waals surface area contributed by atoms with Crippen molar-refractivity contribution in [2.24, 2.45) is 29.4 Å². The van der Waals surface area contributed by atoms with E-state index in [1.54, 1.807) is 29.6 Å². The van der Waals surface area contributed by atoms with Crippen LogP contribution in [0.2, 0.25) is 0 Å². The number of Topliss-reactive ketones (excluding diaryl/α,β-unsaturated/α-hetero) is 4. The van der Waals surface area contributed by atoms with Crippen LogP contribution in [0.4, 0.5) is 15.2 Å². The SMILES string of the molecule is CN(C)C1C(=O)C(C(N)=O)C(=O)C2(O)C(=O)C3C(=O)c4c(ccc(Nc5nc(-c6ccc(F)cc6)cs5)c4O)CC3CC12. The van der Waals surface area contributed by atoms with E-state index >= 15 is 0 Å². The molecule has 222 valence electrons. The summed E-state index contributed by atoms with van der Waals surface area (Å²) in [5.74, 6) is -11.4. The Labute approximate surface area is 248 Å². The number of amides is 1. The molecular formula is C30H27FN4O7S. The molecule has 0 aliphatic heterocycles. The quantitative estimate of drug-likeness (QED) is 0.247. The Morgan fingerprint density at radius 1 is 1.12 bits per heavy atom. The van der Waals surface area contributed by atoms with Gasteiger partial charge < -0.3 is 21.3 Å². The zero-order chi connectivity index (χ0) is 31.0. The van der Waals surface area contributed by atoms with Crippen LogP contribution < -0.4 is 11.1 Å². The minimum Gasteiger partial charge on any atom is -0.505 e. The number of hydrogen-bond acceptors (Lipinski definition) is 11. The van der Waals surface area contributed by atoms with Crippen molar-refractivity contribution in [3.63, 3.8) is 0 Å². The fourth-order valence-corrected chi connectivity index (χ4v) is 7.61. The summed E-state index contributed by atoms with van der Waals surface area (Å²) >= 11 is 1.22. The van der Waals surface area contributed by atoms with Crippen LogP contribution in [-0.2, 0) is 25.6 Å². The maximum Gasteiger partial charge on any atom is 0.235 e. The van der Waals surface area contributed by atoms with Gasteiger partial charge in [0.05, 0.1) is 28.9 Å². The number of aromatic nitrogens is 1. The number of phenols is 1. The van der Waals surface area contributed by atoms with Gasteiger partial charge in [0.2, 0.25) is 5.91 Å². The molecule has 2 fully saturated rings. The number of hydrogen-bond donors (Lipinski definition) is 4. The number of thiazole rings is 1. The second-order valence-electron chi connectivity index (χ2n) is 11.5. The molecule has 3 aliphatic rings. The number of aliphatic hydroxyl groups is 1. The highest BCUT2D eigenvalue weighted by atomic mass is 32.1. The zero-order valence-electron chi connectivity index (χ0n) is 23.0. The van der Waals surface area contributed by atoms with E-state index in [0.29, 0.717) is 22.0 Å². The molecule has 0 bridgehead atoms. The van der Waals surface area contributed by atoms with E-state index in [0.717, 1.165) is 0 Å². The predicted octanol–water partition coefficient (Wildman–Crippen LogP) is 1.87. The average Bonchev–Trinajstić information content (AvgIpc) is 3.41. The number of rotatable bonds is 5. The highest BCUT2D eigenvalue weighted by molar-refractivity contribution is 7.14. The van der Waals surface area contributed by atoms with Crippen LogP contribution >= 0.6 is 11.3 Å². The highest BCUT2D eigenvalue weighted by Gasteiger charge is 2.69. The van der Waals surface area contributed by atoms with E-state index in [9.17, 15) is 38.6 Å². The van der Waals surface area contributed by atoms with Crippen LogP contribution in [0.3, 0.4) is 0 Å². The van der Waals surface area contributed by atoms with Crippen molar-refractivity contribution in [2.45, 2.75) is 24.5 Å². The summed E-state index contributed by atoms with van der Waals surface area (Å²) < 4.78 is 13.3. The number of anilines is 2. The van der Waals surface area contributed by atoms with Gasteiger partial charge in [-0.15, -0.1) is 11.3 Å². The highest BCUT2D eigenvalue weighted by Crippen LogP contribution is 2.51. The number of aromatic hydroxyl groups is 1. The molecule has 3 aliphatic carbocycles. The van der Waals surface area contributed by atoms with E-state index in [4.69, 9.17) is 5.73 Å². The molecule has 2 saturated carbocycles. The summed E-state index contributed by atoms with van der Waals surface area (Å²) in [7, 11) is 3.07. The van der Waals surface area contributed by atoms with Crippen molar-refractivity contribution in [3.05, 3.63) is 58.7 Å². The van der Waals surface area contributed by atoms with Gasteiger partial charge in [-0.25, -0.2) is 9.37 Å². The number of benzene rings is 2. The molecule has 1 amide bonds. The molecule has 6 rings (SSSR count). The van der Waals surface area contributed by atoms with Crippen molar-refractivity contribution < 1.29 is 38.6 Å². The van der Waals surface area contributed by atoms with Crippen LogP contribution in [0.1, 0.15) is 22.3 Å². The third kappa shape index (κ3) is 4.29. The lowest BCUT2D eigenvalue weighted by molar-refractivity contribution is -0.181. The van der Waals surface area contributed by atoms with Crippen LogP contribution in [0.15, 0.2) is 41.8 Å². The third-order valence-electron chi connectivity index (χ3n) is 8.82. The summed E-state index contributed by atoms with van der Waals surface area (Å²) in [4.78, 5) is 72.4. The van der Waals surface area contributed by atoms with Crippen molar-refractivity contribution in [1.82, 2.24) is 9.88 Å². The monoisotopic (exact) mass is 606 g/mol.